The van der Waals surface area contributed by atoms with Crippen molar-refractivity contribution in [1.82, 2.24) is 4.31 Å². The van der Waals surface area contributed by atoms with Crippen molar-refractivity contribution in [2.45, 2.75) is 70.0 Å². The van der Waals surface area contributed by atoms with Crippen LogP contribution in [0.25, 0.3) is 0 Å². The number of hydrogen-bond acceptors (Lipinski definition) is 6. The topological polar surface area (TPSA) is 76.1 Å². The lowest BCUT2D eigenvalue weighted by atomic mass is 9.54. The highest BCUT2D eigenvalue weighted by molar-refractivity contribution is 7.89. The second kappa shape index (κ2) is 10.4. The van der Waals surface area contributed by atoms with Gasteiger partial charge in [0.25, 0.3) is 0 Å². The number of benzene rings is 2. The number of sulfonamides is 1. The van der Waals surface area contributed by atoms with E-state index in [1.807, 2.05) is 13.8 Å². The van der Waals surface area contributed by atoms with E-state index in [9.17, 15) is 30.8 Å². The van der Waals surface area contributed by atoms with E-state index in [0.29, 0.717) is 18.5 Å². The van der Waals surface area contributed by atoms with Gasteiger partial charge < -0.3 is 14.4 Å². The Labute approximate surface area is 238 Å². The maximum absolute atomic E-state index is 14.4. The molecule has 1 aliphatic heterocycles. The molecular formula is C29H36F4N2O5S. The molecule has 0 saturated heterocycles. The van der Waals surface area contributed by atoms with Crippen molar-refractivity contribution in [2.24, 2.45) is 10.8 Å². The Morgan fingerprint density at radius 1 is 1.05 bits per heavy atom. The molecule has 2 aromatic carbocycles. The molecule has 0 aromatic heterocycles. The summed E-state index contributed by atoms with van der Waals surface area (Å²) in [5, 5.41) is 0. The Balaban J connectivity index is 1.94. The number of likely N-dealkylation sites (N-methyl/N-ethyl adjacent to an activating group) is 1. The summed E-state index contributed by atoms with van der Waals surface area (Å²) < 4.78 is 97.0. The van der Waals surface area contributed by atoms with Gasteiger partial charge in [-0.1, -0.05) is 26.7 Å². The number of rotatable bonds is 7. The predicted molar refractivity (Wildman–Crippen MR) is 146 cm³/mol. The van der Waals surface area contributed by atoms with Gasteiger partial charge in [-0.25, -0.2) is 12.8 Å². The number of methoxy groups -OCH3 is 1. The van der Waals surface area contributed by atoms with Crippen LogP contribution in [0.1, 0.15) is 58.9 Å². The monoisotopic (exact) mass is 600 g/mol. The van der Waals surface area contributed by atoms with Crippen LogP contribution in [0, 0.1) is 16.6 Å². The molecule has 4 rings (SSSR count). The molecular weight excluding hydrogens is 564 g/mol. The third-order valence-electron chi connectivity index (χ3n) is 8.79. The van der Waals surface area contributed by atoms with Crippen LogP contribution in [0.3, 0.4) is 0 Å². The Morgan fingerprint density at radius 3 is 2.15 bits per heavy atom. The highest BCUT2D eigenvalue weighted by Crippen LogP contribution is 2.59. The molecule has 1 fully saturated rings. The molecule has 0 amide bonds. The summed E-state index contributed by atoms with van der Waals surface area (Å²) in [4.78, 5) is 13.3. The van der Waals surface area contributed by atoms with Gasteiger partial charge in [0.05, 0.1) is 29.3 Å². The molecule has 2 aromatic rings. The molecule has 0 atom stereocenters. The van der Waals surface area contributed by atoms with Crippen LogP contribution in [0.2, 0.25) is 0 Å². The quantitative estimate of drug-likeness (QED) is 0.266. The van der Waals surface area contributed by atoms with Crippen molar-refractivity contribution in [2.75, 3.05) is 32.2 Å². The Bertz CT molecular complexity index is 1410. The van der Waals surface area contributed by atoms with Crippen molar-refractivity contribution < 1.29 is 40.2 Å². The number of esters is 1. The third-order valence-corrected chi connectivity index (χ3v) is 10.8. The van der Waals surface area contributed by atoms with Gasteiger partial charge in [0.1, 0.15) is 23.1 Å². The van der Waals surface area contributed by atoms with E-state index in [2.05, 4.69) is 0 Å². The lowest BCUT2D eigenvalue weighted by Gasteiger charge is -2.59. The summed E-state index contributed by atoms with van der Waals surface area (Å²) >= 11 is 0. The van der Waals surface area contributed by atoms with Gasteiger partial charge in [0.15, 0.2) is 0 Å². The Hall–Kier alpha value is -2.86. The second-order valence-electron chi connectivity index (χ2n) is 11.8. The smallest absolute Gasteiger partial charge is 0.420 e. The van der Waals surface area contributed by atoms with E-state index in [4.69, 9.17) is 9.47 Å². The summed E-state index contributed by atoms with van der Waals surface area (Å²) in [6.45, 7) is 6.58. The fraction of sp³-hybridized carbons (Fsp3) is 0.552. The fourth-order valence-electron chi connectivity index (χ4n) is 6.06. The average Bonchev–Trinajstić information content (AvgIpc) is 2.97. The largest absolute Gasteiger partial charge is 0.492 e. The highest BCUT2D eigenvalue weighted by atomic mass is 32.2. The molecule has 1 aliphatic carbocycles. The van der Waals surface area contributed by atoms with Crippen molar-refractivity contribution in [1.29, 1.82) is 0 Å². The first-order valence-corrected chi connectivity index (χ1v) is 14.9. The molecule has 7 nitrogen and oxygen atoms in total. The van der Waals surface area contributed by atoms with E-state index in [1.165, 1.54) is 54.4 Å². The molecule has 0 bridgehead atoms. The van der Waals surface area contributed by atoms with Crippen LogP contribution < -0.4 is 9.64 Å². The summed E-state index contributed by atoms with van der Waals surface area (Å²) in [6, 6.07) is 6.88. The lowest BCUT2D eigenvalue weighted by Crippen LogP contribution is -2.65. The molecule has 1 heterocycles. The molecule has 12 heteroatoms. The highest BCUT2D eigenvalue weighted by Gasteiger charge is 2.60. The number of anilines is 2. The number of alkyl halides is 3. The summed E-state index contributed by atoms with van der Waals surface area (Å²) in [5.74, 6) is -1.95. The molecule has 226 valence electrons. The van der Waals surface area contributed by atoms with Crippen LogP contribution in [-0.2, 0) is 25.7 Å². The maximum Gasteiger partial charge on any atom is 0.420 e. The first kappa shape index (κ1) is 31.1. The summed E-state index contributed by atoms with van der Waals surface area (Å²) in [6.07, 6.45) is -2.21. The van der Waals surface area contributed by atoms with Gasteiger partial charge >= 0.3 is 12.1 Å². The van der Waals surface area contributed by atoms with Crippen LogP contribution in [-0.4, -0.2) is 51.5 Å². The molecule has 0 N–H and O–H groups in total. The fourth-order valence-corrected chi connectivity index (χ4v) is 7.74. The van der Waals surface area contributed by atoms with Crippen molar-refractivity contribution >= 4 is 27.4 Å². The molecule has 0 radical (unpaired) electrons. The van der Waals surface area contributed by atoms with Crippen molar-refractivity contribution in [3.8, 4) is 5.75 Å². The minimum atomic E-state index is -4.91. The molecule has 0 unspecified atom stereocenters. The number of carbonyl (C=O) groups is 1. The minimum Gasteiger partial charge on any atom is -0.492 e. The van der Waals surface area contributed by atoms with Crippen molar-refractivity contribution in [3.63, 3.8) is 0 Å². The zero-order valence-electron chi connectivity index (χ0n) is 24.1. The Kier molecular flexibility index (Phi) is 7.92. The number of hydrogen-bond donors (Lipinski definition) is 0. The van der Waals surface area contributed by atoms with Crippen molar-refractivity contribution in [3.05, 3.63) is 47.8 Å². The zero-order chi connectivity index (χ0) is 30.6. The van der Waals surface area contributed by atoms with Gasteiger partial charge in [0, 0.05) is 25.3 Å². The first-order chi connectivity index (χ1) is 18.9. The molecule has 2 aliphatic rings. The SMILES string of the molecule is CCC1(CC)CC2(CN(c3ccc(F)cc3)c3cc(C(F)(F)F)c(OCC(C)(C)C(=O)OC)cc3S(=O)(=O)N2C)C1. The third kappa shape index (κ3) is 5.40. The number of fused-ring (bicyclic) bond motifs is 1. The predicted octanol–water partition coefficient (Wildman–Crippen LogP) is 6.53. The summed E-state index contributed by atoms with van der Waals surface area (Å²) in [7, 11) is -1.71. The number of ether oxygens (including phenoxy) is 2. The van der Waals surface area contributed by atoms with Gasteiger partial charge in [0.2, 0.25) is 10.0 Å². The maximum atomic E-state index is 14.4. The number of nitrogens with zero attached hydrogens (tertiary/aromatic N) is 2. The first-order valence-electron chi connectivity index (χ1n) is 13.4. The normalized spacial score (nSPS) is 19.7. The standard InChI is InChI=1S/C29H36F4N2O5S/c1-7-27(8-2)15-28(16-27)17-35(20-11-9-19(30)10-12-20)22-13-21(29(31,32)33)23(14-24(22)41(37,38)34(28)5)40-18-26(3,4)25(36)39-6/h9-14H,7-8,15-18H2,1-6H3. The molecule has 1 saturated carbocycles. The van der Waals surface area contributed by atoms with E-state index < -0.39 is 56.9 Å². The van der Waals surface area contributed by atoms with Crippen LogP contribution in [0.4, 0.5) is 28.9 Å². The molecule has 1 spiro atoms. The minimum absolute atomic E-state index is 0.0794. The molecule has 41 heavy (non-hydrogen) atoms. The van der Waals surface area contributed by atoms with E-state index >= 15 is 0 Å². The number of carbonyl (C=O) groups excluding carboxylic acids is 1. The Morgan fingerprint density at radius 2 is 1.63 bits per heavy atom. The van der Waals surface area contributed by atoms with E-state index in [1.54, 1.807) is 0 Å². The van der Waals surface area contributed by atoms with Crippen LogP contribution in [0.5, 0.6) is 5.75 Å². The number of halogens is 4. The lowest BCUT2D eigenvalue weighted by molar-refractivity contribution is -0.152. The van der Waals surface area contributed by atoms with Gasteiger partial charge in [-0.15, -0.1) is 0 Å². The van der Waals surface area contributed by atoms with E-state index in [-0.39, 0.29) is 22.5 Å². The van der Waals surface area contributed by atoms with Crippen LogP contribution in [0.15, 0.2) is 41.3 Å². The second-order valence-corrected chi connectivity index (χ2v) is 13.7. The van der Waals surface area contributed by atoms with E-state index in [0.717, 1.165) is 32.1 Å². The van der Waals surface area contributed by atoms with Gasteiger partial charge in [-0.3, -0.25) is 4.79 Å². The average molecular weight is 601 g/mol. The summed E-state index contributed by atoms with van der Waals surface area (Å²) in [5.41, 5.74) is -3.32. The zero-order valence-corrected chi connectivity index (χ0v) is 24.9. The van der Waals surface area contributed by atoms with Gasteiger partial charge in [-0.05, 0) is 62.4 Å². The van der Waals surface area contributed by atoms with Crippen LogP contribution >= 0.6 is 0 Å². The van der Waals surface area contributed by atoms with Gasteiger partial charge in [-0.2, -0.15) is 17.5 Å².